The summed E-state index contributed by atoms with van der Waals surface area (Å²) in [6.07, 6.45) is 2.09. The molecule has 0 radical (unpaired) electrons. The van der Waals surface area contributed by atoms with Crippen LogP contribution in [0.2, 0.25) is 0 Å². The fourth-order valence-electron chi connectivity index (χ4n) is 3.10. The molecule has 3 rings (SSSR count). The molecule has 1 aromatic rings. The van der Waals surface area contributed by atoms with Crippen LogP contribution < -0.4 is 5.32 Å². The monoisotopic (exact) mass is 303 g/mol. The van der Waals surface area contributed by atoms with Crippen LogP contribution >= 0.6 is 0 Å². The van der Waals surface area contributed by atoms with Gasteiger partial charge >= 0.3 is 5.97 Å². The Balaban J connectivity index is 1.76. The molecule has 2 aliphatic rings. The highest BCUT2D eigenvalue weighted by Gasteiger charge is 2.40. The van der Waals surface area contributed by atoms with Gasteiger partial charge in [0.1, 0.15) is 5.60 Å². The van der Waals surface area contributed by atoms with Gasteiger partial charge in [0, 0.05) is 18.7 Å². The average Bonchev–Trinajstić information content (AvgIpc) is 2.75. The SMILES string of the molecule is CC1(C)OC(=O)c2c(C(=O)NC[C@@H]3CCCOC3)cccc21. The molecule has 0 spiro atoms. The molecule has 2 heterocycles. The number of nitrogens with one attached hydrogen (secondary N) is 1. The molecule has 5 nitrogen and oxygen atoms in total. The van der Waals surface area contributed by atoms with Crippen molar-refractivity contribution in [3.05, 3.63) is 34.9 Å². The van der Waals surface area contributed by atoms with Crippen molar-refractivity contribution in [3.8, 4) is 0 Å². The topological polar surface area (TPSA) is 64.6 Å². The number of benzene rings is 1. The molecule has 1 saturated heterocycles. The van der Waals surface area contributed by atoms with Gasteiger partial charge in [-0.3, -0.25) is 4.79 Å². The Labute approximate surface area is 130 Å². The molecule has 5 heteroatoms. The van der Waals surface area contributed by atoms with Crippen molar-refractivity contribution in [2.75, 3.05) is 19.8 Å². The number of carbonyl (C=O) groups excluding carboxylic acids is 2. The lowest BCUT2D eigenvalue weighted by atomic mass is 9.92. The van der Waals surface area contributed by atoms with Crippen LogP contribution in [0.3, 0.4) is 0 Å². The summed E-state index contributed by atoms with van der Waals surface area (Å²) in [6.45, 7) is 5.72. The van der Waals surface area contributed by atoms with Gasteiger partial charge in [0.25, 0.3) is 5.91 Å². The largest absolute Gasteiger partial charge is 0.451 e. The number of rotatable bonds is 3. The molecule has 0 saturated carbocycles. The summed E-state index contributed by atoms with van der Waals surface area (Å²) in [4.78, 5) is 24.5. The molecule has 1 N–H and O–H groups in total. The minimum Gasteiger partial charge on any atom is -0.451 e. The van der Waals surface area contributed by atoms with E-state index < -0.39 is 11.6 Å². The summed E-state index contributed by atoms with van der Waals surface area (Å²) in [7, 11) is 0. The summed E-state index contributed by atoms with van der Waals surface area (Å²) in [5, 5.41) is 2.92. The van der Waals surface area contributed by atoms with E-state index in [0.29, 0.717) is 30.2 Å². The number of amides is 1. The Morgan fingerprint density at radius 1 is 1.41 bits per heavy atom. The number of esters is 1. The van der Waals surface area contributed by atoms with Crippen LogP contribution in [0.15, 0.2) is 18.2 Å². The summed E-state index contributed by atoms with van der Waals surface area (Å²) in [6, 6.07) is 5.31. The maximum Gasteiger partial charge on any atom is 0.340 e. The zero-order valence-corrected chi connectivity index (χ0v) is 13.0. The van der Waals surface area contributed by atoms with E-state index in [-0.39, 0.29) is 5.91 Å². The first-order valence-electron chi connectivity index (χ1n) is 7.72. The summed E-state index contributed by atoms with van der Waals surface area (Å²) in [5.41, 5.74) is 0.876. The first-order chi connectivity index (χ1) is 10.5. The van der Waals surface area contributed by atoms with Gasteiger partial charge < -0.3 is 14.8 Å². The first kappa shape index (κ1) is 15.0. The van der Waals surface area contributed by atoms with E-state index in [1.165, 1.54) is 0 Å². The maximum atomic E-state index is 12.4. The summed E-state index contributed by atoms with van der Waals surface area (Å²) >= 11 is 0. The van der Waals surface area contributed by atoms with Gasteiger partial charge in [-0.05, 0) is 38.7 Å². The number of hydrogen-bond donors (Lipinski definition) is 1. The predicted molar refractivity (Wildman–Crippen MR) is 80.8 cm³/mol. The van der Waals surface area contributed by atoms with E-state index in [9.17, 15) is 9.59 Å². The third-order valence-corrected chi connectivity index (χ3v) is 4.32. The van der Waals surface area contributed by atoms with Crippen LogP contribution in [0, 0.1) is 5.92 Å². The van der Waals surface area contributed by atoms with E-state index in [1.54, 1.807) is 12.1 Å². The Morgan fingerprint density at radius 2 is 2.23 bits per heavy atom. The highest BCUT2D eigenvalue weighted by molar-refractivity contribution is 6.07. The van der Waals surface area contributed by atoms with Crippen molar-refractivity contribution in [1.82, 2.24) is 5.32 Å². The van der Waals surface area contributed by atoms with Gasteiger partial charge in [0.15, 0.2) is 0 Å². The lowest BCUT2D eigenvalue weighted by Gasteiger charge is -2.22. The quantitative estimate of drug-likeness (QED) is 0.870. The average molecular weight is 303 g/mol. The normalized spacial score (nSPS) is 22.8. The molecular formula is C17H21NO4. The minimum absolute atomic E-state index is 0.225. The fraction of sp³-hybridized carbons (Fsp3) is 0.529. The molecule has 0 bridgehead atoms. The van der Waals surface area contributed by atoms with E-state index in [0.717, 1.165) is 25.0 Å². The Kier molecular flexibility index (Phi) is 3.91. The van der Waals surface area contributed by atoms with Crippen molar-refractivity contribution in [3.63, 3.8) is 0 Å². The number of carbonyl (C=O) groups is 2. The van der Waals surface area contributed by atoms with Crippen molar-refractivity contribution in [2.24, 2.45) is 5.92 Å². The number of hydrogen-bond acceptors (Lipinski definition) is 4. The second kappa shape index (κ2) is 5.72. The summed E-state index contributed by atoms with van der Waals surface area (Å²) < 4.78 is 10.8. The van der Waals surface area contributed by atoms with E-state index >= 15 is 0 Å². The molecular weight excluding hydrogens is 282 g/mol. The van der Waals surface area contributed by atoms with Gasteiger partial charge in [-0.1, -0.05) is 12.1 Å². The van der Waals surface area contributed by atoms with Crippen LogP contribution in [-0.2, 0) is 15.1 Å². The van der Waals surface area contributed by atoms with Crippen LogP contribution in [0.5, 0.6) is 0 Å². The van der Waals surface area contributed by atoms with Gasteiger partial charge in [-0.2, -0.15) is 0 Å². The van der Waals surface area contributed by atoms with Crippen molar-refractivity contribution < 1.29 is 19.1 Å². The molecule has 1 aromatic carbocycles. The molecule has 118 valence electrons. The highest BCUT2D eigenvalue weighted by atomic mass is 16.6. The van der Waals surface area contributed by atoms with Gasteiger partial charge in [0.05, 0.1) is 17.7 Å². The van der Waals surface area contributed by atoms with Crippen LogP contribution in [-0.4, -0.2) is 31.6 Å². The van der Waals surface area contributed by atoms with E-state index in [4.69, 9.17) is 9.47 Å². The Bertz CT molecular complexity index is 603. The van der Waals surface area contributed by atoms with Crippen LogP contribution in [0.4, 0.5) is 0 Å². The number of fused-ring (bicyclic) bond motifs is 1. The maximum absolute atomic E-state index is 12.4. The standard InChI is InChI=1S/C17H21NO4/c1-17(2)13-7-3-6-12(14(13)16(20)22-17)15(19)18-9-11-5-4-8-21-10-11/h3,6-7,11H,4-5,8-10H2,1-2H3,(H,18,19)/t11-/m0/s1. The van der Waals surface area contributed by atoms with Gasteiger partial charge in [-0.25, -0.2) is 4.79 Å². The molecule has 0 aromatic heterocycles. The minimum atomic E-state index is -0.681. The summed E-state index contributed by atoms with van der Waals surface area (Å²) in [5.74, 6) is -0.304. The fourth-order valence-corrected chi connectivity index (χ4v) is 3.10. The second-order valence-electron chi connectivity index (χ2n) is 6.42. The molecule has 2 aliphatic heterocycles. The Morgan fingerprint density at radius 3 is 2.95 bits per heavy atom. The molecule has 1 amide bonds. The molecule has 0 aliphatic carbocycles. The van der Waals surface area contributed by atoms with E-state index in [2.05, 4.69) is 5.32 Å². The number of cyclic esters (lactones) is 1. The van der Waals surface area contributed by atoms with Crippen molar-refractivity contribution in [1.29, 1.82) is 0 Å². The van der Waals surface area contributed by atoms with Crippen molar-refractivity contribution >= 4 is 11.9 Å². The van der Waals surface area contributed by atoms with E-state index in [1.807, 2.05) is 19.9 Å². The van der Waals surface area contributed by atoms with Crippen LogP contribution in [0.25, 0.3) is 0 Å². The molecule has 1 fully saturated rings. The number of ether oxygens (including phenoxy) is 2. The first-order valence-corrected chi connectivity index (χ1v) is 7.72. The zero-order chi connectivity index (χ0) is 15.7. The molecule has 1 atom stereocenters. The van der Waals surface area contributed by atoms with Gasteiger partial charge in [0.2, 0.25) is 0 Å². The van der Waals surface area contributed by atoms with Crippen molar-refractivity contribution in [2.45, 2.75) is 32.3 Å². The molecule has 22 heavy (non-hydrogen) atoms. The van der Waals surface area contributed by atoms with Crippen LogP contribution in [0.1, 0.15) is 53.0 Å². The zero-order valence-electron chi connectivity index (χ0n) is 13.0. The third-order valence-electron chi connectivity index (χ3n) is 4.32. The Hall–Kier alpha value is -1.88. The smallest absolute Gasteiger partial charge is 0.340 e. The second-order valence-corrected chi connectivity index (χ2v) is 6.42. The third kappa shape index (κ3) is 2.73. The van der Waals surface area contributed by atoms with Gasteiger partial charge in [-0.15, -0.1) is 0 Å². The lowest BCUT2D eigenvalue weighted by Crippen LogP contribution is -2.33. The predicted octanol–water partition coefficient (Wildman–Crippen LogP) is 2.25. The highest BCUT2D eigenvalue weighted by Crippen LogP contribution is 2.37. The lowest BCUT2D eigenvalue weighted by molar-refractivity contribution is 0.00945. The molecule has 0 unspecified atom stereocenters.